The van der Waals surface area contributed by atoms with Gasteiger partial charge in [0, 0.05) is 23.0 Å². The van der Waals surface area contributed by atoms with E-state index in [2.05, 4.69) is 47.9 Å². The number of unbranched alkanes of at least 4 members (excludes halogenated alkanes) is 2. The zero-order valence-electron chi connectivity index (χ0n) is 15.1. The zero-order chi connectivity index (χ0) is 17.4. The van der Waals surface area contributed by atoms with Crippen LogP contribution in [0.3, 0.4) is 0 Å². The van der Waals surface area contributed by atoms with Crippen LogP contribution in [0.25, 0.3) is 22.6 Å². The molecule has 0 aliphatic carbocycles. The number of H-pyrrole nitrogens is 1. The molecule has 0 aliphatic rings. The predicted molar refractivity (Wildman–Crippen MR) is 102 cm³/mol. The van der Waals surface area contributed by atoms with Crippen LogP contribution in [0.5, 0.6) is 0 Å². The maximum atomic E-state index is 4.47. The molecule has 24 heavy (non-hydrogen) atoms. The van der Waals surface area contributed by atoms with Gasteiger partial charge in [0.2, 0.25) is 0 Å². The Labute approximate surface area is 145 Å². The summed E-state index contributed by atoms with van der Waals surface area (Å²) in [5.74, 6) is 0.865. The third-order valence-electron chi connectivity index (χ3n) is 3.98. The standard InChI is InChI=1S/C16H15N3.C5H12/c1-11-6-3-4-7-13(11)15-10-18-16(19-15)14-8-5-9-17-12(14)2;1-3-5-4-2/h3-10H,1-2H3,(H,18,19);3-5H2,1-2H3. The average Bonchev–Trinajstić information content (AvgIpc) is 3.06. The highest BCUT2D eigenvalue weighted by molar-refractivity contribution is 5.67. The summed E-state index contributed by atoms with van der Waals surface area (Å²) in [5, 5.41) is 0. The van der Waals surface area contributed by atoms with E-state index in [1.54, 1.807) is 6.20 Å². The molecule has 0 bridgehead atoms. The molecule has 0 aliphatic heterocycles. The second-order valence-corrected chi connectivity index (χ2v) is 5.95. The summed E-state index contributed by atoms with van der Waals surface area (Å²) in [6, 6.07) is 12.2. The van der Waals surface area contributed by atoms with Crippen molar-refractivity contribution in [2.24, 2.45) is 0 Å². The molecular weight excluding hydrogens is 294 g/mol. The second kappa shape index (κ2) is 9.02. The summed E-state index contributed by atoms with van der Waals surface area (Å²) in [7, 11) is 0. The van der Waals surface area contributed by atoms with E-state index >= 15 is 0 Å². The fraction of sp³-hybridized carbons (Fsp3) is 0.333. The van der Waals surface area contributed by atoms with Crippen molar-refractivity contribution < 1.29 is 0 Å². The van der Waals surface area contributed by atoms with Gasteiger partial charge in [-0.1, -0.05) is 57.4 Å². The molecule has 0 amide bonds. The van der Waals surface area contributed by atoms with Crippen molar-refractivity contribution in [1.82, 2.24) is 15.0 Å². The van der Waals surface area contributed by atoms with Crippen LogP contribution in [0.15, 0.2) is 48.8 Å². The summed E-state index contributed by atoms with van der Waals surface area (Å²) in [5.41, 5.74) is 5.48. The maximum absolute atomic E-state index is 4.47. The number of aromatic amines is 1. The van der Waals surface area contributed by atoms with Gasteiger partial charge in [0.05, 0.1) is 11.9 Å². The molecule has 1 aromatic carbocycles. The first-order chi connectivity index (χ1) is 11.7. The summed E-state index contributed by atoms with van der Waals surface area (Å²) in [6.45, 7) is 8.52. The highest BCUT2D eigenvalue weighted by Gasteiger charge is 2.09. The van der Waals surface area contributed by atoms with Crippen LogP contribution in [-0.2, 0) is 0 Å². The number of rotatable bonds is 4. The van der Waals surface area contributed by atoms with Gasteiger partial charge in [-0.3, -0.25) is 4.98 Å². The van der Waals surface area contributed by atoms with Crippen molar-refractivity contribution >= 4 is 0 Å². The van der Waals surface area contributed by atoms with E-state index in [1.165, 1.54) is 30.4 Å². The van der Waals surface area contributed by atoms with E-state index in [4.69, 9.17) is 0 Å². The lowest BCUT2D eigenvalue weighted by atomic mass is 10.1. The third-order valence-corrected chi connectivity index (χ3v) is 3.98. The van der Waals surface area contributed by atoms with Crippen LogP contribution < -0.4 is 0 Å². The van der Waals surface area contributed by atoms with Crippen LogP contribution in [0.2, 0.25) is 0 Å². The molecule has 0 spiro atoms. The molecule has 0 saturated heterocycles. The highest BCUT2D eigenvalue weighted by Crippen LogP contribution is 2.25. The normalized spacial score (nSPS) is 10.2. The Morgan fingerprint density at radius 3 is 2.21 bits per heavy atom. The number of imidazole rings is 1. The molecule has 3 nitrogen and oxygen atoms in total. The van der Waals surface area contributed by atoms with E-state index < -0.39 is 0 Å². The minimum Gasteiger partial charge on any atom is -0.338 e. The molecule has 126 valence electrons. The predicted octanol–water partition coefficient (Wildman–Crippen LogP) is 5.95. The molecule has 2 aromatic heterocycles. The Kier molecular flexibility index (Phi) is 6.74. The molecule has 0 fully saturated rings. The van der Waals surface area contributed by atoms with Gasteiger partial charge in [-0.25, -0.2) is 4.98 Å². The van der Waals surface area contributed by atoms with E-state index in [9.17, 15) is 0 Å². The fourth-order valence-corrected chi connectivity index (χ4v) is 2.56. The van der Waals surface area contributed by atoms with Gasteiger partial charge >= 0.3 is 0 Å². The molecule has 1 N–H and O–H groups in total. The lowest BCUT2D eigenvalue weighted by Crippen LogP contribution is -1.88. The van der Waals surface area contributed by atoms with Crippen molar-refractivity contribution in [3.8, 4) is 22.6 Å². The summed E-state index contributed by atoms with van der Waals surface area (Å²) < 4.78 is 0. The first-order valence-corrected chi connectivity index (χ1v) is 8.70. The highest BCUT2D eigenvalue weighted by atomic mass is 14.9. The lowest BCUT2D eigenvalue weighted by molar-refractivity contribution is 0.772. The molecule has 2 heterocycles. The summed E-state index contributed by atoms with van der Waals surface area (Å²) in [6.07, 6.45) is 7.75. The van der Waals surface area contributed by atoms with Crippen molar-refractivity contribution in [3.05, 3.63) is 60.0 Å². The molecule has 0 radical (unpaired) electrons. The van der Waals surface area contributed by atoms with Gasteiger partial charge in [-0.2, -0.15) is 0 Å². The van der Waals surface area contributed by atoms with Gasteiger partial charge in [-0.15, -0.1) is 0 Å². The van der Waals surface area contributed by atoms with Crippen molar-refractivity contribution in [2.45, 2.75) is 47.0 Å². The smallest absolute Gasteiger partial charge is 0.139 e. The van der Waals surface area contributed by atoms with Crippen LogP contribution in [0, 0.1) is 13.8 Å². The maximum Gasteiger partial charge on any atom is 0.139 e. The van der Waals surface area contributed by atoms with Crippen LogP contribution in [0.4, 0.5) is 0 Å². The Morgan fingerprint density at radius 2 is 1.58 bits per heavy atom. The average molecular weight is 321 g/mol. The van der Waals surface area contributed by atoms with Crippen molar-refractivity contribution in [3.63, 3.8) is 0 Å². The van der Waals surface area contributed by atoms with Gasteiger partial charge in [-0.05, 0) is 31.5 Å². The van der Waals surface area contributed by atoms with Crippen molar-refractivity contribution in [2.75, 3.05) is 0 Å². The number of benzene rings is 1. The van der Waals surface area contributed by atoms with Gasteiger partial charge < -0.3 is 4.98 Å². The molecule has 3 heteroatoms. The number of aryl methyl sites for hydroxylation is 2. The van der Waals surface area contributed by atoms with Crippen molar-refractivity contribution in [1.29, 1.82) is 0 Å². The Hall–Kier alpha value is -2.42. The Balaban J connectivity index is 0.000000368. The Morgan fingerprint density at radius 1 is 0.875 bits per heavy atom. The third kappa shape index (κ3) is 4.54. The van der Waals surface area contributed by atoms with Gasteiger partial charge in [0.25, 0.3) is 0 Å². The van der Waals surface area contributed by atoms with E-state index in [0.717, 1.165) is 22.8 Å². The number of hydrogen-bond acceptors (Lipinski definition) is 2. The number of nitrogens with one attached hydrogen (secondary N) is 1. The minimum absolute atomic E-state index is 0.865. The molecule has 0 unspecified atom stereocenters. The first-order valence-electron chi connectivity index (χ1n) is 8.70. The minimum atomic E-state index is 0.865. The number of aromatic nitrogens is 3. The topological polar surface area (TPSA) is 41.6 Å². The number of nitrogens with zero attached hydrogens (tertiary/aromatic N) is 2. The van der Waals surface area contributed by atoms with E-state index in [-0.39, 0.29) is 0 Å². The van der Waals surface area contributed by atoms with Crippen LogP contribution in [-0.4, -0.2) is 15.0 Å². The second-order valence-electron chi connectivity index (χ2n) is 5.95. The molecule has 3 rings (SSSR count). The molecule has 0 atom stereocenters. The van der Waals surface area contributed by atoms with Crippen LogP contribution >= 0.6 is 0 Å². The lowest BCUT2D eigenvalue weighted by Gasteiger charge is -2.03. The quantitative estimate of drug-likeness (QED) is 0.645. The summed E-state index contributed by atoms with van der Waals surface area (Å²) >= 11 is 0. The zero-order valence-corrected chi connectivity index (χ0v) is 15.1. The first kappa shape index (κ1) is 17.9. The van der Waals surface area contributed by atoms with E-state index in [0.29, 0.717) is 0 Å². The fourth-order valence-electron chi connectivity index (χ4n) is 2.56. The van der Waals surface area contributed by atoms with E-state index in [1.807, 2.05) is 37.4 Å². The Bertz CT molecular complexity index is 697. The van der Waals surface area contributed by atoms with Crippen LogP contribution in [0.1, 0.15) is 44.4 Å². The van der Waals surface area contributed by atoms with Gasteiger partial charge in [0.15, 0.2) is 0 Å². The monoisotopic (exact) mass is 321 g/mol. The molecule has 0 saturated carbocycles. The molecule has 3 aromatic rings. The SMILES string of the molecule is CCCCC.Cc1ccccc1-c1cnc(-c2cccnc2C)[nH]1. The molecular formula is C21H27N3. The number of pyridine rings is 1. The number of hydrogen-bond donors (Lipinski definition) is 1. The van der Waals surface area contributed by atoms with Gasteiger partial charge in [0.1, 0.15) is 5.82 Å². The largest absolute Gasteiger partial charge is 0.338 e. The summed E-state index contributed by atoms with van der Waals surface area (Å²) in [4.78, 5) is 12.1.